The van der Waals surface area contributed by atoms with E-state index in [1.54, 1.807) is 12.1 Å². The molecule has 0 aliphatic heterocycles. The molecule has 3 N–H and O–H groups in total. The number of nitrogens with one attached hydrogen (secondary N) is 2. The van der Waals surface area contributed by atoms with Crippen molar-refractivity contribution in [1.29, 1.82) is 0 Å². The van der Waals surface area contributed by atoms with Crippen molar-refractivity contribution < 1.29 is 19.1 Å². The minimum atomic E-state index is -0.940. The number of hydrogen-bond acceptors (Lipinski definition) is 5. The highest BCUT2D eigenvalue weighted by molar-refractivity contribution is 6.35. The Kier molecular flexibility index (Phi) is 5.16. The predicted molar refractivity (Wildman–Crippen MR) is 79.4 cm³/mol. The summed E-state index contributed by atoms with van der Waals surface area (Å²) in [5, 5.41) is 15.9. The molecule has 2 amide bonds. The number of furan rings is 1. The van der Waals surface area contributed by atoms with E-state index in [9.17, 15) is 14.7 Å². The maximum Gasteiger partial charge on any atom is 0.329 e. The van der Waals surface area contributed by atoms with E-state index < -0.39 is 11.8 Å². The number of carbonyl (C=O) groups is 2. The predicted octanol–water partition coefficient (Wildman–Crippen LogP) is 1.41. The summed E-state index contributed by atoms with van der Waals surface area (Å²) in [4.78, 5) is 23.0. The largest absolute Gasteiger partial charge is 0.507 e. The Labute approximate surface area is 130 Å². The van der Waals surface area contributed by atoms with E-state index in [1.165, 1.54) is 30.7 Å². The standard InChI is InChI=1S/C14H12ClN3O4/c15-10-3-4-12(19)9(6-10)7-17-18-14(21)13(20)16-8-11-2-1-5-22-11/h1-7,19H,8H2,(H,16,20)(H,18,21)/b17-7+. The van der Waals surface area contributed by atoms with Crippen LogP contribution in [-0.4, -0.2) is 23.1 Å². The van der Waals surface area contributed by atoms with Crippen LogP contribution in [0.3, 0.4) is 0 Å². The van der Waals surface area contributed by atoms with E-state index in [2.05, 4.69) is 10.4 Å². The monoisotopic (exact) mass is 321 g/mol. The van der Waals surface area contributed by atoms with Crippen LogP contribution in [0, 0.1) is 0 Å². The van der Waals surface area contributed by atoms with Gasteiger partial charge in [0.05, 0.1) is 19.0 Å². The van der Waals surface area contributed by atoms with Gasteiger partial charge in [-0.3, -0.25) is 9.59 Å². The molecule has 0 radical (unpaired) electrons. The summed E-state index contributed by atoms with van der Waals surface area (Å²) in [5.74, 6) is -1.33. The molecule has 114 valence electrons. The SMILES string of the molecule is O=C(NCc1ccco1)C(=O)N/N=C/c1cc(Cl)ccc1O. The highest BCUT2D eigenvalue weighted by Gasteiger charge is 2.12. The van der Waals surface area contributed by atoms with Crippen molar-refractivity contribution in [3.8, 4) is 5.75 Å². The molecule has 7 nitrogen and oxygen atoms in total. The lowest BCUT2D eigenvalue weighted by Gasteiger charge is -2.02. The van der Waals surface area contributed by atoms with Crippen LogP contribution in [0.4, 0.5) is 0 Å². The molecule has 0 saturated carbocycles. The van der Waals surface area contributed by atoms with Gasteiger partial charge < -0.3 is 14.8 Å². The smallest absolute Gasteiger partial charge is 0.329 e. The van der Waals surface area contributed by atoms with Crippen molar-refractivity contribution in [2.75, 3.05) is 0 Å². The van der Waals surface area contributed by atoms with E-state index in [-0.39, 0.29) is 12.3 Å². The topological polar surface area (TPSA) is 104 Å². The van der Waals surface area contributed by atoms with E-state index in [0.29, 0.717) is 16.3 Å². The van der Waals surface area contributed by atoms with Crippen molar-refractivity contribution >= 4 is 29.6 Å². The number of nitrogens with zero attached hydrogens (tertiary/aromatic N) is 1. The van der Waals surface area contributed by atoms with Crippen LogP contribution < -0.4 is 10.7 Å². The number of halogens is 1. The van der Waals surface area contributed by atoms with Crippen LogP contribution >= 0.6 is 11.6 Å². The fourth-order valence-corrected chi connectivity index (χ4v) is 1.68. The fraction of sp³-hybridized carbons (Fsp3) is 0.0714. The quantitative estimate of drug-likeness (QED) is 0.450. The first-order valence-electron chi connectivity index (χ1n) is 6.18. The highest BCUT2D eigenvalue weighted by Crippen LogP contribution is 2.19. The molecular formula is C14H12ClN3O4. The van der Waals surface area contributed by atoms with Gasteiger partial charge in [-0.25, -0.2) is 5.43 Å². The molecule has 1 heterocycles. The number of phenolic OH excluding ortho intramolecular Hbond substituents is 1. The van der Waals surface area contributed by atoms with Crippen molar-refractivity contribution in [1.82, 2.24) is 10.7 Å². The first kappa shape index (κ1) is 15.6. The van der Waals surface area contributed by atoms with Crippen molar-refractivity contribution in [2.45, 2.75) is 6.54 Å². The Morgan fingerprint density at radius 3 is 2.86 bits per heavy atom. The molecule has 0 saturated heterocycles. The molecule has 0 spiro atoms. The van der Waals surface area contributed by atoms with Crippen LogP contribution in [0.5, 0.6) is 5.75 Å². The Morgan fingerprint density at radius 2 is 2.14 bits per heavy atom. The molecule has 0 aliphatic carbocycles. The van der Waals surface area contributed by atoms with Crippen molar-refractivity contribution in [3.05, 3.63) is 52.9 Å². The van der Waals surface area contributed by atoms with Gasteiger partial charge in [0.2, 0.25) is 0 Å². The van der Waals surface area contributed by atoms with Gasteiger partial charge >= 0.3 is 11.8 Å². The Bertz CT molecular complexity index is 698. The number of benzene rings is 1. The van der Waals surface area contributed by atoms with Gasteiger partial charge in [0, 0.05) is 10.6 Å². The number of hydrogen-bond donors (Lipinski definition) is 3. The molecule has 0 atom stereocenters. The van der Waals surface area contributed by atoms with Crippen molar-refractivity contribution in [2.24, 2.45) is 5.10 Å². The summed E-state index contributed by atoms with van der Waals surface area (Å²) in [5.41, 5.74) is 2.35. The van der Waals surface area contributed by atoms with Gasteiger partial charge in [-0.05, 0) is 30.3 Å². The molecular weight excluding hydrogens is 310 g/mol. The third kappa shape index (κ3) is 4.35. The molecule has 1 aromatic heterocycles. The van der Waals surface area contributed by atoms with Crippen LogP contribution in [0.25, 0.3) is 0 Å². The first-order chi connectivity index (χ1) is 10.6. The normalized spacial score (nSPS) is 10.6. The number of aromatic hydroxyl groups is 1. The summed E-state index contributed by atoms with van der Waals surface area (Å²) in [6.07, 6.45) is 2.64. The first-order valence-corrected chi connectivity index (χ1v) is 6.56. The molecule has 0 bridgehead atoms. The molecule has 8 heteroatoms. The zero-order chi connectivity index (χ0) is 15.9. The summed E-state index contributed by atoms with van der Waals surface area (Å²) in [7, 11) is 0. The highest BCUT2D eigenvalue weighted by atomic mass is 35.5. The van der Waals surface area contributed by atoms with E-state index in [0.717, 1.165) is 0 Å². The number of amides is 2. The Hall–Kier alpha value is -2.80. The van der Waals surface area contributed by atoms with Crippen LogP contribution in [0.15, 0.2) is 46.1 Å². The molecule has 2 aromatic rings. The Morgan fingerprint density at radius 1 is 1.32 bits per heavy atom. The zero-order valence-electron chi connectivity index (χ0n) is 11.2. The van der Waals surface area contributed by atoms with Crippen LogP contribution in [0.1, 0.15) is 11.3 Å². The number of rotatable bonds is 4. The van der Waals surface area contributed by atoms with Gasteiger partial charge in [0.1, 0.15) is 11.5 Å². The van der Waals surface area contributed by atoms with Gasteiger partial charge in [-0.1, -0.05) is 11.6 Å². The number of carbonyl (C=O) groups excluding carboxylic acids is 2. The maximum atomic E-state index is 11.5. The molecule has 0 aliphatic rings. The molecule has 2 rings (SSSR count). The van der Waals surface area contributed by atoms with Gasteiger partial charge in [0.25, 0.3) is 0 Å². The van der Waals surface area contributed by atoms with Gasteiger partial charge in [-0.15, -0.1) is 0 Å². The Balaban J connectivity index is 1.85. The molecule has 22 heavy (non-hydrogen) atoms. The summed E-state index contributed by atoms with van der Waals surface area (Å²) >= 11 is 5.77. The lowest BCUT2D eigenvalue weighted by Crippen LogP contribution is -2.37. The van der Waals surface area contributed by atoms with Gasteiger partial charge in [0.15, 0.2) is 0 Å². The average Bonchev–Trinajstić information content (AvgIpc) is 3.01. The fourth-order valence-electron chi connectivity index (χ4n) is 1.50. The van der Waals surface area contributed by atoms with Crippen LogP contribution in [-0.2, 0) is 16.1 Å². The summed E-state index contributed by atoms with van der Waals surface area (Å²) < 4.78 is 5.01. The third-order valence-electron chi connectivity index (χ3n) is 2.57. The van der Waals surface area contributed by atoms with Crippen molar-refractivity contribution in [3.63, 3.8) is 0 Å². The average molecular weight is 322 g/mol. The summed E-state index contributed by atoms with van der Waals surface area (Å²) in [6.45, 7) is 0.0953. The minimum absolute atomic E-state index is 0.0512. The van der Waals surface area contributed by atoms with E-state index >= 15 is 0 Å². The van der Waals surface area contributed by atoms with E-state index in [1.807, 2.05) is 5.43 Å². The molecule has 0 fully saturated rings. The van der Waals surface area contributed by atoms with Gasteiger partial charge in [-0.2, -0.15) is 5.10 Å². The lowest BCUT2D eigenvalue weighted by atomic mass is 10.2. The van der Waals surface area contributed by atoms with E-state index in [4.69, 9.17) is 16.0 Å². The second-order valence-electron chi connectivity index (χ2n) is 4.16. The third-order valence-corrected chi connectivity index (χ3v) is 2.80. The maximum absolute atomic E-state index is 11.5. The molecule has 1 aromatic carbocycles. The lowest BCUT2D eigenvalue weighted by molar-refractivity contribution is -0.139. The molecule has 0 unspecified atom stereocenters. The minimum Gasteiger partial charge on any atom is -0.507 e. The number of hydrazone groups is 1. The summed E-state index contributed by atoms with van der Waals surface area (Å²) in [6, 6.07) is 7.70. The number of phenols is 1. The second-order valence-corrected chi connectivity index (χ2v) is 4.60. The second kappa shape index (κ2) is 7.28. The zero-order valence-corrected chi connectivity index (χ0v) is 12.0. The van der Waals surface area contributed by atoms with Crippen LogP contribution in [0.2, 0.25) is 5.02 Å².